The second-order valence-corrected chi connectivity index (χ2v) is 3.88. The molecule has 0 spiro atoms. The number of rotatable bonds is 2. The number of hydrogen-bond acceptors (Lipinski definition) is 2. The van der Waals surface area contributed by atoms with Crippen LogP contribution in [0.2, 0.25) is 0 Å². The van der Waals surface area contributed by atoms with Crippen LogP contribution in [0, 0.1) is 0 Å². The highest BCUT2D eigenvalue weighted by Gasteiger charge is 2.31. The Morgan fingerprint density at radius 2 is 1.70 bits per heavy atom. The molecule has 104 valence electrons. The first-order chi connectivity index (χ1) is 9.38. The summed E-state index contributed by atoms with van der Waals surface area (Å²) in [6.45, 7) is 0. The van der Waals surface area contributed by atoms with E-state index in [0.29, 0.717) is 5.69 Å². The summed E-state index contributed by atoms with van der Waals surface area (Å²) in [5.74, 6) is -1.48. The minimum atomic E-state index is -4.88. The molecule has 4 nitrogen and oxygen atoms in total. The Kier molecular flexibility index (Phi) is 3.60. The zero-order valence-corrected chi connectivity index (χ0v) is 10.0. The fourth-order valence-corrected chi connectivity index (χ4v) is 1.65. The Hall–Kier alpha value is -2.57. The number of hydrogen-bond donors (Lipinski definition) is 1. The van der Waals surface area contributed by atoms with Gasteiger partial charge in [-0.05, 0) is 24.3 Å². The zero-order chi connectivity index (χ0) is 14.8. The number of para-hydroxylation sites is 1. The van der Waals surface area contributed by atoms with Gasteiger partial charge < -0.3 is 0 Å². The van der Waals surface area contributed by atoms with E-state index in [0.717, 1.165) is 16.0 Å². The molecule has 0 aliphatic heterocycles. The molecule has 1 N–H and O–H groups in total. The molecule has 0 saturated heterocycles. The lowest BCUT2D eigenvalue weighted by Crippen LogP contribution is -2.40. The average Bonchev–Trinajstić information content (AvgIpc) is 2.38. The van der Waals surface area contributed by atoms with Crippen LogP contribution in [-0.4, -0.2) is 16.8 Å². The van der Waals surface area contributed by atoms with Gasteiger partial charge in [-0.15, -0.1) is 0 Å². The van der Waals surface area contributed by atoms with Crippen LogP contribution >= 0.6 is 0 Å². The lowest BCUT2D eigenvalue weighted by molar-refractivity contribution is -0.146. The van der Waals surface area contributed by atoms with Gasteiger partial charge in [-0.1, -0.05) is 18.2 Å². The molecule has 0 unspecified atom stereocenters. The van der Waals surface area contributed by atoms with Crippen molar-refractivity contribution in [1.29, 1.82) is 0 Å². The molecule has 0 aliphatic rings. The van der Waals surface area contributed by atoms with Crippen LogP contribution in [0.1, 0.15) is 10.4 Å². The average molecular weight is 282 g/mol. The van der Waals surface area contributed by atoms with E-state index < -0.39 is 23.3 Å². The second kappa shape index (κ2) is 5.20. The monoisotopic (exact) mass is 282 g/mol. The third-order valence-electron chi connectivity index (χ3n) is 2.48. The van der Waals surface area contributed by atoms with Crippen molar-refractivity contribution < 1.29 is 18.0 Å². The maximum absolute atomic E-state index is 12.1. The van der Waals surface area contributed by atoms with Gasteiger partial charge in [0, 0.05) is 11.9 Å². The third-order valence-corrected chi connectivity index (χ3v) is 2.48. The lowest BCUT2D eigenvalue weighted by atomic mass is 10.2. The van der Waals surface area contributed by atoms with E-state index in [9.17, 15) is 22.8 Å². The maximum atomic E-state index is 12.1. The fraction of sp³-hybridized carbons (Fsp3) is 0.0769. The van der Waals surface area contributed by atoms with Gasteiger partial charge in [0.1, 0.15) is 5.56 Å². The smallest absolute Gasteiger partial charge is 0.284 e. The molecule has 7 heteroatoms. The predicted octanol–water partition coefficient (Wildman–Crippen LogP) is 2.09. The minimum absolute atomic E-state index is 0.458. The van der Waals surface area contributed by atoms with Gasteiger partial charge in [-0.3, -0.25) is 19.5 Å². The van der Waals surface area contributed by atoms with Crippen molar-refractivity contribution in [2.24, 2.45) is 0 Å². The third kappa shape index (κ3) is 3.05. The zero-order valence-electron chi connectivity index (χ0n) is 10.0. The van der Waals surface area contributed by atoms with E-state index >= 15 is 0 Å². The van der Waals surface area contributed by atoms with Crippen molar-refractivity contribution in [1.82, 2.24) is 9.88 Å². The van der Waals surface area contributed by atoms with E-state index in [4.69, 9.17) is 0 Å². The van der Waals surface area contributed by atoms with Gasteiger partial charge in [0.2, 0.25) is 0 Å². The fourth-order valence-electron chi connectivity index (χ4n) is 1.65. The summed E-state index contributed by atoms with van der Waals surface area (Å²) in [7, 11) is 0. The van der Waals surface area contributed by atoms with E-state index in [2.05, 4.69) is 0 Å². The van der Waals surface area contributed by atoms with Gasteiger partial charge in [0.15, 0.2) is 0 Å². The standard InChI is InChI=1S/C13H9F3N2O2/c14-13(15,16)17-11(19)10-7-4-8-18(12(10)20)9-5-2-1-3-6-9/h1-8H,(H,17,19). The molecule has 2 aromatic rings. The number of carbonyl (C=O) groups is 1. The minimum Gasteiger partial charge on any atom is -0.284 e. The summed E-state index contributed by atoms with van der Waals surface area (Å²) in [6, 6.07) is 10.7. The molecule has 0 saturated carbocycles. The van der Waals surface area contributed by atoms with Crippen molar-refractivity contribution in [3.63, 3.8) is 0 Å². The van der Waals surface area contributed by atoms with E-state index in [-0.39, 0.29) is 0 Å². The first-order valence-electron chi connectivity index (χ1n) is 5.55. The molecule has 1 amide bonds. The number of carbonyl (C=O) groups excluding carboxylic acids is 1. The Morgan fingerprint density at radius 1 is 1.05 bits per heavy atom. The Bertz CT molecular complexity index is 678. The van der Waals surface area contributed by atoms with Gasteiger partial charge in [0.05, 0.1) is 0 Å². The number of alkyl halides is 3. The van der Waals surface area contributed by atoms with E-state index in [1.807, 2.05) is 0 Å². The quantitative estimate of drug-likeness (QED) is 0.857. The molecule has 1 heterocycles. The summed E-state index contributed by atoms with van der Waals surface area (Å²) in [6.07, 6.45) is -3.50. The molecule has 1 aromatic carbocycles. The number of aromatic nitrogens is 1. The van der Waals surface area contributed by atoms with E-state index in [1.54, 1.807) is 30.3 Å². The molecular formula is C13H9F3N2O2. The highest BCUT2D eigenvalue weighted by atomic mass is 19.4. The van der Waals surface area contributed by atoms with Crippen LogP contribution in [0.15, 0.2) is 53.5 Å². The highest BCUT2D eigenvalue weighted by molar-refractivity contribution is 5.94. The van der Waals surface area contributed by atoms with Crippen molar-refractivity contribution in [2.45, 2.75) is 6.30 Å². The predicted molar refractivity (Wildman–Crippen MR) is 65.6 cm³/mol. The number of nitrogens with zero attached hydrogens (tertiary/aromatic N) is 1. The van der Waals surface area contributed by atoms with E-state index in [1.165, 1.54) is 12.3 Å². The number of halogens is 3. The van der Waals surface area contributed by atoms with Gasteiger partial charge in [-0.2, -0.15) is 13.2 Å². The van der Waals surface area contributed by atoms with Crippen LogP contribution in [0.25, 0.3) is 5.69 Å². The van der Waals surface area contributed by atoms with Gasteiger partial charge in [0.25, 0.3) is 11.5 Å². The summed E-state index contributed by atoms with van der Waals surface area (Å²) in [5, 5.41) is 0.803. The summed E-state index contributed by atoms with van der Waals surface area (Å²) >= 11 is 0. The van der Waals surface area contributed by atoms with Gasteiger partial charge in [-0.25, -0.2) is 0 Å². The molecule has 0 radical (unpaired) electrons. The second-order valence-electron chi connectivity index (χ2n) is 3.88. The molecular weight excluding hydrogens is 273 g/mol. The number of benzene rings is 1. The maximum Gasteiger partial charge on any atom is 0.484 e. The Morgan fingerprint density at radius 3 is 2.30 bits per heavy atom. The molecule has 2 rings (SSSR count). The van der Waals surface area contributed by atoms with Crippen molar-refractivity contribution in [2.75, 3.05) is 0 Å². The van der Waals surface area contributed by atoms with Crippen molar-refractivity contribution in [3.05, 3.63) is 64.6 Å². The SMILES string of the molecule is O=C(NC(F)(F)F)c1cccn(-c2ccccc2)c1=O. The molecule has 0 aliphatic carbocycles. The summed E-state index contributed by atoms with van der Waals surface area (Å²) in [4.78, 5) is 23.5. The van der Waals surface area contributed by atoms with Crippen LogP contribution in [0.5, 0.6) is 0 Å². The molecule has 0 bridgehead atoms. The molecule has 0 fully saturated rings. The van der Waals surface area contributed by atoms with Crippen LogP contribution in [-0.2, 0) is 0 Å². The van der Waals surface area contributed by atoms with Crippen LogP contribution in [0.4, 0.5) is 13.2 Å². The Labute approximate surface area is 111 Å². The summed E-state index contributed by atoms with van der Waals surface area (Å²) < 4.78 is 37.4. The van der Waals surface area contributed by atoms with Crippen molar-refractivity contribution >= 4 is 5.91 Å². The first kappa shape index (κ1) is 13.9. The highest BCUT2D eigenvalue weighted by Crippen LogP contribution is 2.11. The number of amides is 1. The van der Waals surface area contributed by atoms with Gasteiger partial charge >= 0.3 is 6.30 Å². The number of pyridine rings is 1. The van der Waals surface area contributed by atoms with Crippen LogP contribution in [0.3, 0.4) is 0 Å². The first-order valence-corrected chi connectivity index (χ1v) is 5.55. The molecule has 1 aromatic heterocycles. The Balaban J connectivity index is 2.44. The number of nitrogens with one attached hydrogen (secondary N) is 1. The molecule has 0 atom stereocenters. The topological polar surface area (TPSA) is 51.1 Å². The molecule has 20 heavy (non-hydrogen) atoms. The van der Waals surface area contributed by atoms with Crippen molar-refractivity contribution in [3.8, 4) is 5.69 Å². The normalized spacial score (nSPS) is 11.2. The lowest BCUT2D eigenvalue weighted by Gasteiger charge is -2.10. The summed E-state index contributed by atoms with van der Waals surface area (Å²) in [5.41, 5.74) is -0.937. The largest absolute Gasteiger partial charge is 0.484 e. The van der Waals surface area contributed by atoms with Crippen LogP contribution < -0.4 is 10.9 Å².